The summed E-state index contributed by atoms with van der Waals surface area (Å²) in [6.45, 7) is 4.70. The van der Waals surface area contributed by atoms with E-state index in [0.29, 0.717) is 11.8 Å². The van der Waals surface area contributed by atoms with E-state index in [0.717, 1.165) is 50.0 Å². The van der Waals surface area contributed by atoms with Gasteiger partial charge in [-0.25, -0.2) is 9.97 Å². The van der Waals surface area contributed by atoms with E-state index in [1.807, 2.05) is 6.07 Å². The number of piperazine rings is 1. The highest BCUT2D eigenvalue weighted by Crippen LogP contribution is 2.40. The summed E-state index contributed by atoms with van der Waals surface area (Å²) in [5.41, 5.74) is 1.05. The molecule has 0 unspecified atom stereocenters. The van der Waals surface area contributed by atoms with Crippen molar-refractivity contribution < 1.29 is 9.26 Å². The molecule has 2 aromatic rings. The summed E-state index contributed by atoms with van der Waals surface area (Å²) in [5.74, 6) is 3.22. The largest absolute Gasteiger partial charge is 0.481 e. The quantitative estimate of drug-likeness (QED) is 0.831. The molecule has 3 heterocycles. The van der Waals surface area contributed by atoms with Crippen molar-refractivity contribution >= 4 is 5.82 Å². The number of ether oxygens (including phenoxy) is 1. The van der Waals surface area contributed by atoms with Crippen LogP contribution in [0.25, 0.3) is 0 Å². The highest BCUT2D eigenvalue weighted by molar-refractivity contribution is 5.41. The predicted octanol–water partition coefficient (Wildman–Crippen LogP) is 1.67. The summed E-state index contributed by atoms with van der Waals surface area (Å²) >= 11 is 0. The molecule has 7 nitrogen and oxygen atoms in total. The molecule has 23 heavy (non-hydrogen) atoms. The molecule has 0 bridgehead atoms. The minimum absolute atomic E-state index is 0.604. The zero-order valence-electron chi connectivity index (χ0n) is 13.3. The molecule has 122 valence electrons. The normalized spacial score (nSPS) is 19.1. The number of methoxy groups -OCH3 is 1. The fourth-order valence-electron chi connectivity index (χ4n) is 2.94. The van der Waals surface area contributed by atoms with Crippen LogP contribution in [0.5, 0.6) is 5.88 Å². The Bertz CT molecular complexity index is 662. The van der Waals surface area contributed by atoms with Crippen LogP contribution in [0.1, 0.15) is 30.2 Å². The number of rotatable bonds is 5. The van der Waals surface area contributed by atoms with E-state index in [2.05, 4.69) is 31.0 Å². The summed E-state index contributed by atoms with van der Waals surface area (Å²) in [6, 6.07) is 4.01. The van der Waals surface area contributed by atoms with Gasteiger partial charge in [-0.3, -0.25) is 4.90 Å². The van der Waals surface area contributed by atoms with Crippen LogP contribution in [-0.2, 0) is 6.54 Å². The first-order valence-corrected chi connectivity index (χ1v) is 8.10. The first kappa shape index (κ1) is 14.4. The first-order valence-electron chi connectivity index (χ1n) is 8.10. The zero-order valence-corrected chi connectivity index (χ0v) is 13.3. The molecule has 0 atom stereocenters. The Hall–Kier alpha value is -2.15. The minimum Gasteiger partial charge on any atom is -0.481 e. The lowest BCUT2D eigenvalue weighted by molar-refractivity contribution is 0.241. The van der Waals surface area contributed by atoms with E-state index in [-0.39, 0.29) is 0 Å². The Morgan fingerprint density at radius 2 is 2.00 bits per heavy atom. The molecule has 2 aliphatic rings. The van der Waals surface area contributed by atoms with Crippen LogP contribution < -0.4 is 9.64 Å². The van der Waals surface area contributed by atoms with Crippen molar-refractivity contribution in [3.63, 3.8) is 0 Å². The van der Waals surface area contributed by atoms with E-state index in [1.165, 1.54) is 12.8 Å². The number of anilines is 1. The second-order valence-electron chi connectivity index (χ2n) is 6.18. The zero-order chi connectivity index (χ0) is 15.6. The molecule has 1 saturated heterocycles. The van der Waals surface area contributed by atoms with E-state index < -0.39 is 0 Å². The van der Waals surface area contributed by atoms with Gasteiger partial charge < -0.3 is 14.2 Å². The van der Waals surface area contributed by atoms with Gasteiger partial charge in [-0.15, -0.1) is 0 Å². The van der Waals surface area contributed by atoms with Crippen LogP contribution in [0.3, 0.4) is 0 Å². The summed E-state index contributed by atoms with van der Waals surface area (Å²) in [5, 5.41) is 4.20. The molecule has 0 spiro atoms. The molecule has 7 heteroatoms. The van der Waals surface area contributed by atoms with E-state index in [1.54, 1.807) is 13.4 Å². The predicted molar refractivity (Wildman–Crippen MR) is 84.6 cm³/mol. The van der Waals surface area contributed by atoms with Gasteiger partial charge in [-0.05, 0) is 12.8 Å². The maximum atomic E-state index is 5.43. The maximum absolute atomic E-state index is 5.43. The van der Waals surface area contributed by atoms with Gasteiger partial charge >= 0.3 is 0 Å². The number of hydrogen-bond donors (Lipinski definition) is 0. The molecule has 0 aromatic carbocycles. The van der Waals surface area contributed by atoms with Gasteiger partial charge in [0.2, 0.25) is 5.88 Å². The van der Waals surface area contributed by atoms with Crippen LogP contribution >= 0.6 is 0 Å². The maximum Gasteiger partial charge on any atom is 0.218 e. The smallest absolute Gasteiger partial charge is 0.218 e. The molecule has 2 aromatic heterocycles. The second-order valence-corrected chi connectivity index (χ2v) is 6.18. The Balaban J connectivity index is 1.32. The van der Waals surface area contributed by atoms with Gasteiger partial charge in [0.1, 0.15) is 17.9 Å². The monoisotopic (exact) mass is 315 g/mol. The van der Waals surface area contributed by atoms with Gasteiger partial charge in [-0.2, -0.15) is 0 Å². The van der Waals surface area contributed by atoms with E-state index in [4.69, 9.17) is 9.26 Å². The van der Waals surface area contributed by atoms with Crippen molar-refractivity contribution in [2.45, 2.75) is 25.3 Å². The summed E-state index contributed by atoms with van der Waals surface area (Å²) in [7, 11) is 1.62. The van der Waals surface area contributed by atoms with Crippen LogP contribution in [-0.4, -0.2) is 53.3 Å². The topological polar surface area (TPSA) is 67.5 Å². The van der Waals surface area contributed by atoms with Crippen LogP contribution in [0.2, 0.25) is 0 Å². The van der Waals surface area contributed by atoms with Crippen molar-refractivity contribution in [1.29, 1.82) is 0 Å². The summed E-state index contributed by atoms with van der Waals surface area (Å²) in [4.78, 5) is 13.1. The van der Waals surface area contributed by atoms with E-state index in [9.17, 15) is 0 Å². The highest BCUT2D eigenvalue weighted by Gasteiger charge is 2.28. The molecule has 1 saturated carbocycles. The molecule has 0 amide bonds. The lowest BCUT2D eigenvalue weighted by Crippen LogP contribution is -2.46. The van der Waals surface area contributed by atoms with Gasteiger partial charge in [0.05, 0.1) is 12.8 Å². The average molecular weight is 315 g/mol. The first-order chi connectivity index (χ1) is 11.3. The second kappa shape index (κ2) is 6.16. The Labute approximate surface area is 135 Å². The standard InChI is InChI=1S/C16H21N5O2/c1-22-16-9-15(17-11-18-16)21-6-4-20(5-7-21)10-13-8-14(23-19-13)12-2-3-12/h8-9,11-12H,2-7,10H2,1H3. The van der Waals surface area contributed by atoms with Crippen molar-refractivity contribution in [2.75, 3.05) is 38.2 Å². The van der Waals surface area contributed by atoms with Crippen LogP contribution in [0.4, 0.5) is 5.82 Å². The van der Waals surface area contributed by atoms with Gasteiger partial charge in [0, 0.05) is 50.8 Å². The van der Waals surface area contributed by atoms with Gasteiger partial charge in [-0.1, -0.05) is 5.16 Å². The Kier molecular flexibility index (Phi) is 3.87. The molecule has 0 N–H and O–H groups in total. The number of nitrogens with zero attached hydrogens (tertiary/aromatic N) is 5. The van der Waals surface area contributed by atoms with Crippen molar-refractivity contribution in [3.05, 3.63) is 29.9 Å². The third-order valence-electron chi connectivity index (χ3n) is 4.48. The third-order valence-corrected chi connectivity index (χ3v) is 4.48. The van der Waals surface area contributed by atoms with Crippen LogP contribution in [0, 0.1) is 0 Å². The van der Waals surface area contributed by atoms with Gasteiger partial charge in [0.25, 0.3) is 0 Å². The average Bonchev–Trinajstić information content (AvgIpc) is 3.35. The highest BCUT2D eigenvalue weighted by atomic mass is 16.5. The van der Waals surface area contributed by atoms with Crippen LogP contribution in [0.15, 0.2) is 23.0 Å². The molecule has 1 aliphatic carbocycles. The lowest BCUT2D eigenvalue weighted by Gasteiger charge is -2.34. The Morgan fingerprint density at radius 3 is 2.74 bits per heavy atom. The molecule has 2 fully saturated rings. The van der Waals surface area contributed by atoms with Crippen molar-refractivity contribution in [3.8, 4) is 5.88 Å². The molecule has 4 rings (SSSR count). The minimum atomic E-state index is 0.604. The van der Waals surface area contributed by atoms with E-state index >= 15 is 0 Å². The molecule has 1 aliphatic heterocycles. The fraction of sp³-hybridized carbons (Fsp3) is 0.562. The molecule has 0 radical (unpaired) electrons. The number of hydrogen-bond acceptors (Lipinski definition) is 7. The Morgan fingerprint density at radius 1 is 1.17 bits per heavy atom. The van der Waals surface area contributed by atoms with Gasteiger partial charge in [0.15, 0.2) is 0 Å². The SMILES string of the molecule is COc1cc(N2CCN(Cc3cc(C4CC4)on3)CC2)ncn1. The summed E-state index contributed by atoms with van der Waals surface area (Å²) in [6.07, 6.45) is 4.04. The van der Waals surface area contributed by atoms with Crippen molar-refractivity contribution in [1.82, 2.24) is 20.0 Å². The number of aromatic nitrogens is 3. The fourth-order valence-corrected chi connectivity index (χ4v) is 2.94. The summed E-state index contributed by atoms with van der Waals surface area (Å²) < 4.78 is 10.6. The third kappa shape index (κ3) is 3.29. The van der Waals surface area contributed by atoms with Crippen molar-refractivity contribution in [2.24, 2.45) is 0 Å². The molecular formula is C16H21N5O2. The lowest BCUT2D eigenvalue weighted by atomic mass is 10.2. The molecular weight excluding hydrogens is 294 g/mol.